The molecule has 0 radical (unpaired) electrons. The number of hydrogen-bond donors (Lipinski definition) is 2. The minimum Gasteiger partial charge on any atom is -0.309 e. The minimum absolute atomic E-state index is 0.0536. The van der Waals surface area contributed by atoms with Crippen molar-refractivity contribution in [2.75, 3.05) is 0 Å². The van der Waals surface area contributed by atoms with Crippen molar-refractivity contribution in [1.82, 2.24) is 15.3 Å². The van der Waals surface area contributed by atoms with E-state index in [2.05, 4.69) is 17.2 Å². The third-order valence-corrected chi connectivity index (χ3v) is 6.45. The Morgan fingerprint density at radius 1 is 1.27 bits per heavy atom. The Hall–Kier alpha value is -1.20. The van der Waals surface area contributed by atoms with E-state index in [-0.39, 0.29) is 5.56 Å². The van der Waals surface area contributed by atoms with Crippen LogP contribution in [0.4, 0.5) is 0 Å². The van der Waals surface area contributed by atoms with Gasteiger partial charge in [-0.2, -0.15) is 0 Å². The largest absolute Gasteiger partial charge is 0.309 e. The molecule has 0 saturated heterocycles. The standard InChI is InChI=1S/C17H23N3OS/c1-10-5-2-3-7-12(10)18-9-14-19-16(21)15-11-6-4-8-13(11)22-17(15)20-14/h10,12,18H,2-9H2,1H3,(H,19,20,21). The molecule has 0 spiro atoms. The number of nitrogens with zero attached hydrogens (tertiary/aromatic N) is 1. The summed E-state index contributed by atoms with van der Waals surface area (Å²) in [6.07, 6.45) is 8.53. The Bertz CT molecular complexity index is 748. The molecule has 2 heterocycles. The molecule has 2 unspecified atom stereocenters. The molecule has 0 bridgehead atoms. The molecule has 1 saturated carbocycles. The second kappa shape index (κ2) is 5.78. The molecular formula is C17H23N3OS. The van der Waals surface area contributed by atoms with Gasteiger partial charge in [0, 0.05) is 10.9 Å². The van der Waals surface area contributed by atoms with Gasteiger partial charge in [0.05, 0.1) is 11.9 Å². The molecule has 2 aromatic rings. The average molecular weight is 317 g/mol. The van der Waals surface area contributed by atoms with Crippen LogP contribution >= 0.6 is 11.3 Å². The first-order valence-corrected chi connectivity index (χ1v) is 9.31. The molecule has 22 heavy (non-hydrogen) atoms. The van der Waals surface area contributed by atoms with Crippen LogP contribution < -0.4 is 10.9 Å². The molecule has 4 rings (SSSR count). The molecule has 5 heteroatoms. The SMILES string of the molecule is CC1CCCCC1NCc1nc2sc3c(c2c(=O)[nH]1)CCC3. The van der Waals surface area contributed by atoms with E-state index in [1.807, 2.05) is 0 Å². The average Bonchev–Trinajstić information content (AvgIpc) is 3.06. The summed E-state index contributed by atoms with van der Waals surface area (Å²) in [6, 6.07) is 0.558. The number of thiophene rings is 1. The monoisotopic (exact) mass is 317 g/mol. The smallest absolute Gasteiger partial charge is 0.259 e. The summed E-state index contributed by atoms with van der Waals surface area (Å²) in [7, 11) is 0. The van der Waals surface area contributed by atoms with Crippen molar-refractivity contribution in [2.24, 2.45) is 5.92 Å². The first kappa shape index (κ1) is 14.4. The zero-order chi connectivity index (χ0) is 15.1. The molecule has 0 aliphatic heterocycles. The summed E-state index contributed by atoms with van der Waals surface area (Å²) in [5.41, 5.74) is 1.31. The zero-order valence-electron chi connectivity index (χ0n) is 13.1. The Labute approximate surface area is 134 Å². The van der Waals surface area contributed by atoms with E-state index in [0.29, 0.717) is 12.6 Å². The molecule has 0 aromatic carbocycles. The highest BCUT2D eigenvalue weighted by atomic mass is 32.1. The highest BCUT2D eigenvalue weighted by Gasteiger charge is 2.23. The number of aryl methyl sites for hydroxylation is 2. The topological polar surface area (TPSA) is 57.8 Å². The number of fused-ring (bicyclic) bond motifs is 3. The summed E-state index contributed by atoms with van der Waals surface area (Å²) in [5.74, 6) is 1.50. The molecule has 1 fully saturated rings. The third-order valence-electron chi connectivity index (χ3n) is 5.27. The molecular weight excluding hydrogens is 294 g/mol. The predicted octanol–water partition coefficient (Wildman–Crippen LogP) is 3.14. The Morgan fingerprint density at radius 2 is 2.14 bits per heavy atom. The minimum atomic E-state index is 0.0536. The van der Waals surface area contributed by atoms with Gasteiger partial charge in [-0.05, 0) is 43.6 Å². The normalized spacial score (nSPS) is 24.8. The maximum absolute atomic E-state index is 12.4. The van der Waals surface area contributed by atoms with Gasteiger partial charge in [0.2, 0.25) is 0 Å². The van der Waals surface area contributed by atoms with Gasteiger partial charge in [0.15, 0.2) is 0 Å². The number of hydrogen-bond acceptors (Lipinski definition) is 4. The lowest BCUT2D eigenvalue weighted by Gasteiger charge is -2.29. The lowest BCUT2D eigenvalue weighted by molar-refractivity contribution is 0.278. The van der Waals surface area contributed by atoms with Gasteiger partial charge < -0.3 is 10.3 Å². The number of nitrogens with one attached hydrogen (secondary N) is 2. The molecule has 118 valence electrons. The van der Waals surface area contributed by atoms with E-state index in [1.165, 1.54) is 42.5 Å². The molecule has 2 atom stereocenters. The molecule has 4 nitrogen and oxygen atoms in total. The molecule has 2 aromatic heterocycles. The summed E-state index contributed by atoms with van der Waals surface area (Å²) in [6.45, 7) is 2.99. The van der Waals surface area contributed by atoms with Crippen LogP contribution in [0.15, 0.2) is 4.79 Å². The highest BCUT2D eigenvalue weighted by molar-refractivity contribution is 7.18. The van der Waals surface area contributed by atoms with Gasteiger partial charge in [0.1, 0.15) is 10.7 Å². The maximum atomic E-state index is 12.4. The van der Waals surface area contributed by atoms with Crippen molar-refractivity contribution in [3.8, 4) is 0 Å². The summed E-state index contributed by atoms with van der Waals surface area (Å²) >= 11 is 1.72. The predicted molar refractivity (Wildman–Crippen MR) is 90.5 cm³/mol. The Kier molecular flexibility index (Phi) is 3.78. The fourth-order valence-electron chi connectivity index (χ4n) is 3.98. The van der Waals surface area contributed by atoms with Crippen LogP contribution in [0.3, 0.4) is 0 Å². The summed E-state index contributed by atoms with van der Waals surface area (Å²) in [5, 5.41) is 4.45. The zero-order valence-corrected chi connectivity index (χ0v) is 13.9. The van der Waals surface area contributed by atoms with E-state index in [0.717, 1.165) is 34.8 Å². The highest BCUT2D eigenvalue weighted by Crippen LogP contribution is 2.34. The van der Waals surface area contributed by atoms with Crippen molar-refractivity contribution in [2.45, 2.75) is 64.5 Å². The van der Waals surface area contributed by atoms with E-state index in [1.54, 1.807) is 11.3 Å². The van der Waals surface area contributed by atoms with Gasteiger partial charge in [-0.3, -0.25) is 4.79 Å². The quantitative estimate of drug-likeness (QED) is 0.914. The number of aromatic amines is 1. The maximum Gasteiger partial charge on any atom is 0.259 e. The third kappa shape index (κ3) is 2.50. The fourth-order valence-corrected chi connectivity index (χ4v) is 5.26. The van der Waals surface area contributed by atoms with E-state index >= 15 is 0 Å². The van der Waals surface area contributed by atoms with Crippen molar-refractivity contribution >= 4 is 21.6 Å². The van der Waals surface area contributed by atoms with Crippen LogP contribution in [0.2, 0.25) is 0 Å². The van der Waals surface area contributed by atoms with E-state index in [4.69, 9.17) is 4.98 Å². The Morgan fingerprint density at radius 3 is 3.00 bits per heavy atom. The second-order valence-corrected chi connectivity index (χ2v) is 7.88. The van der Waals surface area contributed by atoms with Crippen LogP contribution in [-0.4, -0.2) is 16.0 Å². The number of aromatic nitrogens is 2. The van der Waals surface area contributed by atoms with Crippen molar-refractivity contribution in [1.29, 1.82) is 0 Å². The number of H-pyrrole nitrogens is 1. The van der Waals surface area contributed by atoms with Crippen LogP contribution in [0, 0.1) is 5.92 Å². The lowest BCUT2D eigenvalue weighted by Crippen LogP contribution is -2.37. The second-order valence-electron chi connectivity index (χ2n) is 6.80. The summed E-state index contributed by atoms with van der Waals surface area (Å²) in [4.78, 5) is 22.4. The van der Waals surface area contributed by atoms with Crippen LogP contribution in [0.25, 0.3) is 10.2 Å². The van der Waals surface area contributed by atoms with Crippen LogP contribution in [0.1, 0.15) is 55.3 Å². The number of rotatable bonds is 3. The van der Waals surface area contributed by atoms with Gasteiger partial charge in [-0.25, -0.2) is 4.98 Å². The van der Waals surface area contributed by atoms with Gasteiger partial charge in [0.25, 0.3) is 5.56 Å². The first-order valence-electron chi connectivity index (χ1n) is 8.49. The molecule has 2 aliphatic rings. The fraction of sp³-hybridized carbons (Fsp3) is 0.647. The molecule has 2 aliphatic carbocycles. The van der Waals surface area contributed by atoms with Gasteiger partial charge in [-0.15, -0.1) is 11.3 Å². The van der Waals surface area contributed by atoms with Gasteiger partial charge >= 0.3 is 0 Å². The van der Waals surface area contributed by atoms with Crippen molar-refractivity contribution < 1.29 is 0 Å². The molecule has 0 amide bonds. The van der Waals surface area contributed by atoms with Crippen LogP contribution in [0.5, 0.6) is 0 Å². The van der Waals surface area contributed by atoms with Crippen molar-refractivity contribution in [3.05, 3.63) is 26.6 Å². The van der Waals surface area contributed by atoms with Gasteiger partial charge in [-0.1, -0.05) is 19.8 Å². The lowest BCUT2D eigenvalue weighted by atomic mass is 9.86. The van der Waals surface area contributed by atoms with E-state index < -0.39 is 0 Å². The van der Waals surface area contributed by atoms with E-state index in [9.17, 15) is 4.79 Å². The molecule has 2 N–H and O–H groups in total. The Balaban J connectivity index is 1.56. The summed E-state index contributed by atoms with van der Waals surface area (Å²) < 4.78 is 0. The first-order chi connectivity index (χ1) is 10.7. The van der Waals surface area contributed by atoms with Crippen LogP contribution in [-0.2, 0) is 19.4 Å². The van der Waals surface area contributed by atoms with Crippen molar-refractivity contribution in [3.63, 3.8) is 0 Å².